The highest BCUT2D eigenvalue weighted by Gasteiger charge is 2.44. The molecule has 2 heterocycles. The average Bonchev–Trinajstić information content (AvgIpc) is 2.80. The minimum atomic E-state index is -0.384. The van der Waals surface area contributed by atoms with Gasteiger partial charge in [0.1, 0.15) is 0 Å². The van der Waals surface area contributed by atoms with E-state index in [-0.39, 0.29) is 18.1 Å². The molecule has 15 heavy (non-hydrogen) atoms. The lowest BCUT2D eigenvalue weighted by Gasteiger charge is -2.14. The Morgan fingerprint density at radius 3 is 3.07 bits per heavy atom. The van der Waals surface area contributed by atoms with Gasteiger partial charge in [-0.2, -0.15) is 0 Å². The molecule has 1 saturated heterocycles. The minimum Gasteiger partial charge on any atom is -0.345 e. The van der Waals surface area contributed by atoms with Gasteiger partial charge in [0.25, 0.3) is 0 Å². The SMILES string of the molecule is O=C1c2ccccc2N2CC(CBr)OC12. The van der Waals surface area contributed by atoms with Gasteiger partial charge in [-0.3, -0.25) is 4.79 Å². The molecule has 2 atom stereocenters. The molecule has 1 fully saturated rings. The number of rotatable bonds is 1. The summed E-state index contributed by atoms with van der Waals surface area (Å²) >= 11 is 3.38. The predicted molar refractivity (Wildman–Crippen MR) is 60.6 cm³/mol. The Morgan fingerprint density at radius 1 is 1.47 bits per heavy atom. The summed E-state index contributed by atoms with van der Waals surface area (Å²) in [6.45, 7) is 0.790. The largest absolute Gasteiger partial charge is 0.345 e. The van der Waals surface area contributed by atoms with E-state index >= 15 is 0 Å². The minimum absolute atomic E-state index is 0.0917. The first kappa shape index (κ1) is 9.36. The van der Waals surface area contributed by atoms with E-state index in [1.807, 2.05) is 29.2 Å². The van der Waals surface area contributed by atoms with Gasteiger partial charge in [0.2, 0.25) is 5.78 Å². The highest BCUT2D eigenvalue weighted by molar-refractivity contribution is 9.09. The van der Waals surface area contributed by atoms with Crippen LogP contribution in [0.2, 0.25) is 0 Å². The summed E-state index contributed by atoms with van der Waals surface area (Å²) in [5.41, 5.74) is 1.80. The summed E-state index contributed by atoms with van der Waals surface area (Å²) in [5, 5.41) is 0.773. The molecule has 3 nitrogen and oxygen atoms in total. The first-order chi connectivity index (χ1) is 7.31. The number of Topliss-reactive ketones (excluding diaryl/α,β-unsaturated/α-hetero) is 1. The van der Waals surface area contributed by atoms with Crippen molar-refractivity contribution in [2.75, 3.05) is 16.8 Å². The molecule has 0 aliphatic carbocycles. The number of hydrogen-bond acceptors (Lipinski definition) is 3. The number of carbonyl (C=O) groups excluding carboxylic acids is 1. The second-order valence-corrected chi connectivity index (χ2v) is 4.45. The van der Waals surface area contributed by atoms with Gasteiger partial charge < -0.3 is 9.64 Å². The van der Waals surface area contributed by atoms with Crippen LogP contribution in [0, 0.1) is 0 Å². The summed E-state index contributed by atoms with van der Waals surface area (Å²) in [7, 11) is 0. The number of nitrogens with zero attached hydrogens (tertiary/aromatic N) is 1. The lowest BCUT2D eigenvalue weighted by Crippen LogP contribution is -2.29. The molecular formula is C11H10BrNO2. The van der Waals surface area contributed by atoms with Crippen molar-refractivity contribution >= 4 is 27.4 Å². The number of anilines is 1. The molecule has 0 bridgehead atoms. The van der Waals surface area contributed by atoms with E-state index in [2.05, 4.69) is 15.9 Å². The fourth-order valence-corrected chi connectivity index (χ4v) is 2.55. The topological polar surface area (TPSA) is 29.5 Å². The van der Waals surface area contributed by atoms with Crippen LogP contribution in [-0.4, -0.2) is 30.0 Å². The van der Waals surface area contributed by atoms with Crippen molar-refractivity contribution in [2.24, 2.45) is 0 Å². The fourth-order valence-electron chi connectivity index (χ4n) is 2.19. The molecule has 0 saturated carbocycles. The number of halogens is 1. The average molecular weight is 268 g/mol. The van der Waals surface area contributed by atoms with Crippen molar-refractivity contribution in [3.8, 4) is 0 Å². The van der Waals surface area contributed by atoms with Crippen molar-refractivity contribution in [3.63, 3.8) is 0 Å². The maximum atomic E-state index is 12.0. The number of benzene rings is 1. The quantitative estimate of drug-likeness (QED) is 0.727. The molecule has 78 valence electrons. The van der Waals surface area contributed by atoms with E-state index in [0.29, 0.717) is 0 Å². The smallest absolute Gasteiger partial charge is 0.214 e. The van der Waals surface area contributed by atoms with Crippen LogP contribution in [0.5, 0.6) is 0 Å². The molecule has 2 aliphatic heterocycles. The summed E-state index contributed by atoms with van der Waals surface area (Å²) < 4.78 is 5.66. The first-order valence-corrected chi connectivity index (χ1v) is 6.04. The van der Waals surface area contributed by atoms with E-state index in [4.69, 9.17) is 4.74 Å². The van der Waals surface area contributed by atoms with Crippen LogP contribution < -0.4 is 4.90 Å². The molecule has 0 amide bonds. The lowest BCUT2D eigenvalue weighted by atomic mass is 10.1. The van der Waals surface area contributed by atoms with Crippen molar-refractivity contribution in [1.29, 1.82) is 0 Å². The van der Waals surface area contributed by atoms with E-state index in [1.165, 1.54) is 0 Å². The molecule has 1 aromatic carbocycles. The van der Waals surface area contributed by atoms with Gasteiger partial charge in [0, 0.05) is 17.4 Å². The molecule has 0 radical (unpaired) electrons. The highest BCUT2D eigenvalue weighted by Crippen LogP contribution is 2.36. The highest BCUT2D eigenvalue weighted by atomic mass is 79.9. The molecule has 3 rings (SSSR count). The van der Waals surface area contributed by atoms with Gasteiger partial charge in [-0.15, -0.1) is 0 Å². The van der Waals surface area contributed by atoms with Gasteiger partial charge in [-0.25, -0.2) is 0 Å². The zero-order valence-electron chi connectivity index (χ0n) is 8.02. The van der Waals surface area contributed by atoms with Gasteiger partial charge in [-0.05, 0) is 12.1 Å². The predicted octanol–water partition coefficient (Wildman–Crippen LogP) is 1.81. The second-order valence-electron chi connectivity index (χ2n) is 3.80. The normalized spacial score (nSPS) is 28.1. The summed E-state index contributed by atoms with van der Waals surface area (Å²) in [6.07, 6.45) is -0.266. The maximum absolute atomic E-state index is 12.0. The molecular weight excluding hydrogens is 258 g/mol. The zero-order valence-corrected chi connectivity index (χ0v) is 9.61. The molecule has 0 N–H and O–H groups in total. The fraction of sp³-hybridized carbons (Fsp3) is 0.364. The summed E-state index contributed by atoms with van der Waals surface area (Å²) in [5.74, 6) is 0.0917. The van der Waals surface area contributed by atoms with Crippen LogP contribution in [0.3, 0.4) is 0 Å². The molecule has 1 aromatic rings. The van der Waals surface area contributed by atoms with Crippen LogP contribution in [0.25, 0.3) is 0 Å². The third-order valence-corrected chi connectivity index (χ3v) is 3.60. The Labute approximate surface area is 96.1 Å². The number of hydrogen-bond donors (Lipinski definition) is 0. The van der Waals surface area contributed by atoms with Gasteiger partial charge >= 0.3 is 0 Å². The Hall–Kier alpha value is -0.870. The van der Waals surface area contributed by atoms with Crippen molar-refractivity contribution in [3.05, 3.63) is 29.8 Å². The van der Waals surface area contributed by atoms with Gasteiger partial charge in [0.05, 0.1) is 11.8 Å². The van der Waals surface area contributed by atoms with Crippen LogP contribution in [0.4, 0.5) is 5.69 Å². The maximum Gasteiger partial charge on any atom is 0.214 e. The summed E-state index contributed by atoms with van der Waals surface area (Å²) in [4.78, 5) is 14.0. The molecule has 0 spiro atoms. The Kier molecular flexibility index (Phi) is 2.07. The van der Waals surface area contributed by atoms with Crippen molar-refractivity contribution < 1.29 is 9.53 Å². The van der Waals surface area contributed by atoms with Crippen molar-refractivity contribution in [1.82, 2.24) is 0 Å². The molecule has 4 heteroatoms. The molecule has 2 unspecified atom stereocenters. The third-order valence-electron chi connectivity index (χ3n) is 2.88. The number of carbonyl (C=O) groups is 1. The number of para-hydroxylation sites is 1. The van der Waals surface area contributed by atoms with Crippen LogP contribution in [-0.2, 0) is 4.74 Å². The van der Waals surface area contributed by atoms with E-state index in [9.17, 15) is 4.79 Å². The Morgan fingerprint density at radius 2 is 2.27 bits per heavy atom. The zero-order chi connectivity index (χ0) is 10.4. The lowest BCUT2D eigenvalue weighted by molar-refractivity contribution is 0.0488. The van der Waals surface area contributed by atoms with Crippen LogP contribution in [0.1, 0.15) is 10.4 Å². The van der Waals surface area contributed by atoms with Gasteiger partial charge in [-0.1, -0.05) is 28.1 Å². The summed E-state index contributed by atoms with van der Waals surface area (Å²) in [6, 6.07) is 7.69. The number of fused-ring (bicyclic) bond motifs is 3. The van der Waals surface area contributed by atoms with E-state index in [1.54, 1.807) is 0 Å². The Balaban J connectivity index is 2.02. The molecule has 0 aromatic heterocycles. The standard InChI is InChI=1S/C11H10BrNO2/c12-5-7-6-13-9-4-2-1-3-8(9)10(14)11(13)15-7/h1-4,7,11H,5-6H2. The third kappa shape index (κ3) is 1.25. The van der Waals surface area contributed by atoms with Crippen LogP contribution >= 0.6 is 15.9 Å². The second kappa shape index (κ2) is 3.32. The van der Waals surface area contributed by atoms with Gasteiger partial charge in [0.15, 0.2) is 6.23 Å². The monoisotopic (exact) mass is 267 g/mol. The van der Waals surface area contributed by atoms with E-state index in [0.717, 1.165) is 23.1 Å². The van der Waals surface area contributed by atoms with Crippen molar-refractivity contribution in [2.45, 2.75) is 12.3 Å². The first-order valence-electron chi connectivity index (χ1n) is 4.92. The number of ketones is 1. The van der Waals surface area contributed by atoms with E-state index < -0.39 is 0 Å². The number of ether oxygens (including phenoxy) is 1. The number of alkyl halides is 1. The Bertz CT molecular complexity index is 421. The van der Waals surface area contributed by atoms with Crippen LogP contribution in [0.15, 0.2) is 24.3 Å². The molecule has 2 aliphatic rings.